The van der Waals surface area contributed by atoms with Gasteiger partial charge in [-0.15, -0.1) is 0 Å². The monoisotopic (exact) mass is 298 g/mol. The summed E-state index contributed by atoms with van der Waals surface area (Å²) in [4.78, 5) is 0. The highest BCUT2D eigenvalue weighted by Gasteiger charge is 2.18. The van der Waals surface area contributed by atoms with Gasteiger partial charge >= 0.3 is 0 Å². The number of hydrogen-bond donors (Lipinski definition) is 0. The van der Waals surface area contributed by atoms with Crippen molar-refractivity contribution in [1.29, 1.82) is 0 Å². The van der Waals surface area contributed by atoms with Crippen LogP contribution in [0, 0.1) is 6.92 Å². The normalized spacial score (nSPS) is 13.4. The van der Waals surface area contributed by atoms with Gasteiger partial charge in [0.1, 0.15) is 0 Å². The van der Waals surface area contributed by atoms with Gasteiger partial charge in [0.05, 0.1) is 0 Å². The molecule has 0 heterocycles. The van der Waals surface area contributed by atoms with E-state index < -0.39 is 0 Å². The third-order valence-electron chi connectivity index (χ3n) is 3.71. The van der Waals surface area contributed by atoms with Crippen LogP contribution in [0.25, 0.3) is 16.7 Å². The molecule has 0 N–H and O–H groups in total. The Morgan fingerprint density at radius 3 is 2.50 bits per heavy atom. The van der Waals surface area contributed by atoms with Crippen molar-refractivity contribution >= 4 is 21.5 Å². The fourth-order valence-electron chi connectivity index (χ4n) is 2.71. The molecule has 2 aromatic carbocycles. The number of halogens is 1. The number of benzene rings is 2. The zero-order chi connectivity index (χ0) is 12.7. The predicted molar refractivity (Wildman–Crippen MR) is 81.7 cm³/mol. The number of rotatable bonds is 1. The highest BCUT2D eigenvalue weighted by atomic mass is 79.9. The van der Waals surface area contributed by atoms with E-state index in [0.717, 1.165) is 6.42 Å². The van der Waals surface area contributed by atoms with Crippen molar-refractivity contribution < 1.29 is 0 Å². The van der Waals surface area contributed by atoms with Crippen LogP contribution < -0.4 is 0 Å². The molecule has 0 atom stereocenters. The van der Waals surface area contributed by atoms with Crippen molar-refractivity contribution in [2.75, 3.05) is 0 Å². The van der Waals surface area contributed by atoms with E-state index in [-0.39, 0.29) is 0 Å². The van der Waals surface area contributed by atoms with E-state index in [9.17, 15) is 0 Å². The molecule has 0 aliphatic heterocycles. The molecule has 3 rings (SSSR count). The second-order valence-electron chi connectivity index (χ2n) is 4.85. The van der Waals surface area contributed by atoms with Crippen molar-refractivity contribution in [3.63, 3.8) is 0 Å². The van der Waals surface area contributed by atoms with Gasteiger partial charge in [-0.3, -0.25) is 0 Å². The van der Waals surface area contributed by atoms with Crippen molar-refractivity contribution in [2.45, 2.75) is 20.3 Å². The summed E-state index contributed by atoms with van der Waals surface area (Å²) in [5.74, 6) is 0. The minimum absolute atomic E-state index is 1.05. The summed E-state index contributed by atoms with van der Waals surface area (Å²) in [6, 6.07) is 13.0. The highest BCUT2D eigenvalue weighted by molar-refractivity contribution is 9.10. The molecular formula is C17H15Br. The third kappa shape index (κ3) is 1.74. The highest BCUT2D eigenvalue weighted by Crippen LogP contribution is 2.40. The van der Waals surface area contributed by atoms with E-state index >= 15 is 0 Å². The lowest BCUT2D eigenvalue weighted by Gasteiger charge is -2.14. The van der Waals surface area contributed by atoms with Crippen molar-refractivity contribution in [3.8, 4) is 11.1 Å². The Bertz CT molecular complexity index is 651. The van der Waals surface area contributed by atoms with Crippen LogP contribution in [0.5, 0.6) is 0 Å². The minimum atomic E-state index is 1.05. The van der Waals surface area contributed by atoms with Crippen LogP contribution in [-0.2, 0) is 6.42 Å². The van der Waals surface area contributed by atoms with Gasteiger partial charge in [-0.1, -0.05) is 52.3 Å². The van der Waals surface area contributed by atoms with Crippen LogP contribution in [0.3, 0.4) is 0 Å². The molecule has 1 aliphatic rings. The van der Waals surface area contributed by atoms with Crippen LogP contribution in [0.1, 0.15) is 23.6 Å². The van der Waals surface area contributed by atoms with Crippen molar-refractivity contribution in [1.82, 2.24) is 0 Å². The smallest absolute Gasteiger partial charge is 0.0257 e. The molecule has 0 fully saturated rings. The number of allylic oxidation sites excluding steroid dienone is 2. The molecule has 1 aliphatic carbocycles. The van der Waals surface area contributed by atoms with Gasteiger partial charge in [-0.25, -0.2) is 0 Å². The molecule has 0 saturated carbocycles. The van der Waals surface area contributed by atoms with Crippen molar-refractivity contribution in [3.05, 3.63) is 63.6 Å². The molecule has 0 aromatic heterocycles. The first-order valence-electron chi connectivity index (χ1n) is 6.23. The fraction of sp³-hybridized carbons (Fsp3) is 0.176. The Morgan fingerprint density at radius 2 is 1.72 bits per heavy atom. The molecule has 0 bridgehead atoms. The van der Waals surface area contributed by atoms with Gasteiger partial charge in [0.15, 0.2) is 0 Å². The van der Waals surface area contributed by atoms with Gasteiger partial charge in [-0.05, 0) is 54.2 Å². The summed E-state index contributed by atoms with van der Waals surface area (Å²) >= 11 is 3.72. The Labute approximate surface area is 116 Å². The van der Waals surface area contributed by atoms with Gasteiger partial charge in [0, 0.05) is 10.0 Å². The molecular weight excluding hydrogens is 284 g/mol. The second kappa shape index (κ2) is 4.40. The van der Waals surface area contributed by atoms with Crippen LogP contribution in [0.4, 0.5) is 0 Å². The number of aryl methyl sites for hydroxylation is 1. The first-order valence-corrected chi connectivity index (χ1v) is 7.02. The van der Waals surface area contributed by atoms with Crippen LogP contribution >= 0.6 is 15.9 Å². The molecule has 0 amide bonds. The van der Waals surface area contributed by atoms with Crippen molar-refractivity contribution in [2.24, 2.45) is 0 Å². The molecule has 90 valence electrons. The van der Waals surface area contributed by atoms with Gasteiger partial charge in [-0.2, -0.15) is 0 Å². The molecule has 0 unspecified atom stereocenters. The Hall–Kier alpha value is -1.34. The average molecular weight is 299 g/mol. The van der Waals surface area contributed by atoms with Crippen LogP contribution in [-0.4, -0.2) is 0 Å². The summed E-state index contributed by atoms with van der Waals surface area (Å²) in [5, 5.41) is 0. The van der Waals surface area contributed by atoms with Crippen LogP contribution in [0.15, 0.2) is 46.9 Å². The molecule has 0 radical (unpaired) electrons. The summed E-state index contributed by atoms with van der Waals surface area (Å²) in [6.07, 6.45) is 3.36. The van der Waals surface area contributed by atoms with E-state index in [1.54, 1.807) is 0 Å². The molecule has 1 heteroatoms. The second-order valence-corrected chi connectivity index (χ2v) is 5.71. The average Bonchev–Trinajstić information content (AvgIpc) is 2.73. The Kier molecular flexibility index (Phi) is 2.87. The minimum Gasteiger partial charge on any atom is -0.0765 e. The maximum absolute atomic E-state index is 3.72. The summed E-state index contributed by atoms with van der Waals surface area (Å²) in [5.41, 5.74) is 8.28. The largest absolute Gasteiger partial charge is 0.0765 e. The SMILES string of the molecule is CC1=CCc2c1ccc(Br)c2-c1ccccc1C. The number of fused-ring (bicyclic) bond motifs is 1. The van der Waals surface area contributed by atoms with E-state index in [0.29, 0.717) is 0 Å². The zero-order valence-electron chi connectivity index (χ0n) is 10.6. The summed E-state index contributed by atoms with van der Waals surface area (Å²) < 4.78 is 1.19. The van der Waals surface area contributed by atoms with E-state index in [4.69, 9.17) is 0 Å². The lowest BCUT2D eigenvalue weighted by atomic mass is 9.93. The maximum Gasteiger partial charge on any atom is 0.0257 e. The Balaban J connectivity index is 2.29. The number of hydrogen-bond acceptors (Lipinski definition) is 0. The molecule has 0 saturated heterocycles. The third-order valence-corrected chi connectivity index (χ3v) is 4.37. The standard InChI is InChI=1S/C17H15Br/c1-11-5-3-4-6-14(11)17-15-8-7-12(2)13(15)9-10-16(17)18/h3-7,9-10H,8H2,1-2H3. The zero-order valence-corrected chi connectivity index (χ0v) is 12.2. The lowest BCUT2D eigenvalue weighted by Crippen LogP contribution is -1.93. The molecule has 0 nitrogen and oxygen atoms in total. The summed E-state index contributed by atoms with van der Waals surface area (Å²) in [6.45, 7) is 4.37. The topological polar surface area (TPSA) is 0 Å². The van der Waals surface area contributed by atoms with Gasteiger partial charge in [0.25, 0.3) is 0 Å². The van der Waals surface area contributed by atoms with Gasteiger partial charge in [0.2, 0.25) is 0 Å². The van der Waals surface area contributed by atoms with E-state index in [2.05, 4.69) is 72.3 Å². The van der Waals surface area contributed by atoms with E-state index in [1.807, 2.05) is 0 Å². The first kappa shape index (κ1) is 11.7. The quantitative estimate of drug-likeness (QED) is 0.663. The Morgan fingerprint density at radius 1 is 0.944 bits per heavy atom. The molecule has 0 spiro atoms. The fourth-order valence-corrected chi connectivity index (χ4v) is 3.30. The molecule has 18 heavy (non-hydrogen) atoms. The summed E-state index contributed by atoms with van der Waals surface area (Å²) in [7, 11) is 0. The molecule has 2 aromatic rings. The van der Waals surface area contributed by atoms with Crippen LogP contribution in [0.2, 0.25) is 0 Å². The predicted octanol–water partition coefficient (Wildman–Crippen LogP) is 5.38. The van der Waals surface area contributed by atoms with E-state index in [1.165, 1.54) is 37.9 Å². The van der Waals surface area contributed by atoms with Gasteiger partial charge < -0.3 is 0 Å². The first-order chi connectivity index (χ1) is 8.68. The lowest BCUT2D eigenvalue weighted by molar-refractivity contribution is 1.29. The maximum atomic E-state index is 3.72.